The summed E-state index contributed by atoms with van der Waals surface area (Å²) in [5.41, 5.74) is 2.02. The van der Waals surface area contributed by atoms with Crippen molar-refractivity contribution >= 4 is 51.8 Å². The molecule has 0 saturated carbocycles. The van der Waals surface area contributed by atoms with Gasteiger partial charge >= 0.3 is 0 Å². The number of thioether (sulfide) groups is 1. The number of piperazine rings is 1. The van der Waals surface area contributed by atoms with Crippen molar-refractivity contribution in [3.63, 3.8) is 0 Å². The Bertz CT molecular complexity index is 1370. The van der Waals surface area contributed by atoms with Gasteiger partial charge in [-0.2, -0.15) is 5.26 Å². The van der Waals surface area contributed by atoms with Crippen molar-refractivity contribution < 1.29 is 9.18 Å². The van der Waals surface area contributed by atoms with E-state index in [2.05, 4.69) is 22.8 Å². The normalized spacial score (nSPS) is 16.9. The Kier molecular flexibility index (Phi) is 9.46. The van der Waals surface area contributed by atoms with Crippen molar-refractivity contribution in [1.82, 2.24) is 9.47 Å². The van der Waals surface area contributed by atoms with Gasteiger partial charge in [0.2, 0.25) is 0 Å². The van der Waals surface area contributed by atoms with E-state index in [-0.39, 0.29) is 22.8 Å². The van der Waals surface area contributed by atoms with E-state index in [0.29, 0.717) is 59.6 Å². The molecule has 10 heteroatoms. The fourth-order valence-corrected chi connectivity index (χ4v) is 6.38. The highest BCUT2D eigenvalue weighted by Gasteiger charge is 2.33. The van der Waals surface area contributed by atoms with E-state index < -0.39 is 0 Å². The van der Waals surface area contributed by atoms with Gasteiger partial charge in [-0.25, -0.2) is 4.39 Å². The smallest absolute Gasteiger partial charge is 0.270 e. The monoisotopic (exact) mass is 567 g/mol. The van der Waals surface area contributed by atoms with Crippen molar-refractivity contribution in [3.05, 3.63) is 62.0 Å². The lowest BCUT2D eigenvalue weighted by atomic mass is 10.0. The van der Waals surface area contributed by atoms with Gasteiger partial charge in [0.1, 0.15) is 27.6 Å². The molecule has 2 aliphatic rings. The molecule has 2 saturated heterocycles. The Morgan fingerprint density at radius 2 is 1.69 bits per heavy atom. The minimum absolute atomic E-state index is 0.0989. The van der Waals surface area contributed by atoms with Gasteiger partial charge in [0.05, 0.1) is 4.91 Å². The molecular weight excluding hydrogens is 533 g/mol. The molecule has 4 rings (SSSR count). The van der Waals surface area contributed by atoms with Gasteiger partial charge in [-0.15, -0.1) is 0 Å². The Labute approximate surface area is 238 Å². The summed E-state index contributed by atoms with van der Waals surface area (Å²) in [5.74, 6) is 0.335. The molecule has 2 aromatic rings. The van der Waals surface area contributed by atoms with Crippen molar-refractivity contribution in [3.8, 4) is 6.07 Å². The lowest BCUT2D eigenvalue weighted by Crippen LogP contribution is -2.48. The molecule has 0 N–H and O–H groups in total. The van der Waals surface area contributed by atoms with Crippen LogP contribution in [-0.2, 0) is 11.3 Å². The number of hydrogen-bond donors (Lipinski definition) is 0. The van der Waals surface area contributed by atoms with Crippen LogP contribution in [0.5, 0.6) is 0 Å². The second-order valence-corrected chi connectivity index (χ2v) is 11.5. The first-order valence-corrected chi connectivity index (χ1v) is 14.7. The van der Waals surface area contributed by atoms with Gasteiger partial charge in [-0.1, -0.05) is 50.7 Å². The molecule has 1 amide bonds. The summed E-state index contributed by atoms with van der Waals surface area (Å²) in [6, 6.07) is 8.58. The van der Waals surface area contributed by atoms with E-state index in [1.165, 1.54) is 23.9 Å². The number of benzene rings is 1. The molecule has 39 heavy (non-hydrogen) atoms. The lowest BCUT2D eigenvalue weighted by Gasteiger charge is -2.39. The summed E-state index contributed by atoms with van der Waals surface area (Å²) in [6.07, 6.45) is 5.50. The van der Waals surface area contributed by atoms with Gasteiger partial charge in [-0.3, -0.25) is 19.1 Å². The molecule has 1 aromatic carbocycles. The molecule has 1 aromatic heterocycles. The third-order valence-electron chi connectivity index (χ3n) is 7.20. The standard InChI is InChI=1S/C29H34FN5O2S2/c1-4-6-7-13-35-28(37)25(39-29(35)38)18-23-20(3)24(19-31)27(36)34(12-5-2)26(23)33-16-14-32(15-17-33)22-10-8-21(30)9-11-22/h8-11,18H,4-7,12-17H2,1-3H3/b25-18+. The van der Waals surface area contributed by atoms with Crippen LogP contribution in [0.25, 0.3) is 6.08 Å². The third kappa shape index (κ3) is 6.04. The number of carbonyl (C=O) groups excluding carboxylic acids is 1. The molecule has 0 spiro atoms. The van der Waals surface area contributed by atoms with Crippen LogP contribution in [0.3, 0.4) is 0 Å². The Morgan fingerprint density at radius 3 is 2.31 bits per heavy atom. The topological polar surface area (TPSA) is 72.6 Å². The molecule has 0 bridgehead atoms. The maximum Gasteiger partial charge on any atom is 0.270 e. The lowest BCUT2D eigenvalue weighted by molar-refractivity contribution is -0.122. The summed E-state index contributed by atoms with van der Waals surface area (Å²) in [4.78, 5) is 33.3. The number of thiocarbonyl (C=S) groups is 1. The molecule has 206 valence electrons. The van der Waals surface area contributed by atoms with Crippen molar-refractivity contribution in [2.75, 3.05) is 42.5 Å². The van der Waals surface area contributed by atoms with Crippen LogP contribution >= 0.6 is 24.0 Å². The highest BCUT2D eigenvalue weighted by molar-refractivity contribution is 8.26. The van der Waals surface area contributed by atoms with Crippen LogP contribution in [0.2, 0.25) is 0 Å². The third-order valence-corrected chi connectivity index (χ3v) is 8.58. The highest BCUT2D eigenvalue weighted by atomic mass is 32.2. The zero-order chi connectivity index (χ0) is 28.1. The summed E-state index contributed by atoms with van der Waals surface area (Å²) in [7, 11) is 0. The number of anilines is 2. The molecule has 2 aliphatic heterocycles. The van der Waals surface area contributed by atoms with Crippen molar-refractivity contribution in [2.45, 2.75) is 53.0 Å². The second kappa shape index (κ2) is 12.8. The second-order valence-electron chi connectivity index (χ2n) is 9.80. The van der Waals surface area contributed by atoms with Crippen LogP contribution in [0.15, 0.2) is 34.0 Å². The number of carbonyl (C=O) groups is 1. The Hall–Kier alpha value is -3.16. The molecule has 2 fully saturated rings. The van der Waals surface area contributed by atoms with E-state index in [0.717, 1.165) is 37.2 Å². The fourth-order valence-electron chi connectivity index (χ4n) is 5.09. The minimum atomic E-state index is -0.308. The van der Waals surface area contributed by atoms with Crippen LogP contribution in [0.1, 0.15) is 56.2 Å². The van der Waals surface area contributed by atoms with Crippen LogP contribution in [0, 0.1) is 24.1 Å². The predicted molar refractivity (Wildman–Crippen MR) is 161 cm³/mol. The zero-order valence-electron chi connectivity index (χ0n) is 22.7. The van der Waals surface area contributed by atoms with E-state index in [4.69, 9.17) is 12.2 Å². The Morgan fingerprint density at radius 1 is 1.03 bits per heavy atom. The van der Waals surface area contributed by atoms with Crippen LogP contribution < -0.4 is 15.4 Å². The average molecular weight is 568 g/mol. The summed E-state index contributed by atoms with van der Waals surface area (Å²) in [6.45, 7) is 9.57. The average Bonchev–Trinajstić information content (AvgIpc) is 3.20. The number of aromatic nitrogens is 1. The van der Waals surface area contributed by atoms with Gasteiger partial charge in [0.25, 0.3) is 11.5 Å². The van der Waals surface area contributed by atoms with Gasteiger partial charge in [0, 0.05) is 50.5 Å². The number of pyridine rings is 1. The number of nitrogens with zero attached hydrogens (tertiary/aromatic N) is 5. The van der Waals surface area contributed by atoms with E-state index in [9.17, 15) is 19.2 Å². The maximum atomic E-state index is 13.4. The molecule has 7 nitrogen and oxygen atoms in total. The molecule has 3 heterocycles. The number of unbranched alkanes of at least 4 members (excludes halogenated alkanes) is 2. The Balaban J connectivity index is 1.74. The number of amides is 1. The number of halogens is 1. The van der Waals surface area contributed by atoms with Gasteiger partial charge in [0.15, 0.2) is 0 Å². The first-order valence-electron chi connectivity index (χ1n) is 13.5. The first kappa shape index (κ1) is 28.8. The zero-order valence-corrected chi connectivity index (χ0v) is 24.3. The molecule has 0 unspecified atom stereocenters. The first-order chi connectivity index (χ1) is 18.8. The van der Waals surface area contributed by atoms with Crippen LogP contribution in [0.4, 0.5) is 15.9 Å². The summed E-state index contributed by atoms with van der Waals surface area (Å²) in [5, 5.41) is 9.88. The van der Waals surface area contributed by atoms with Crippen LogP contribution in [-0.4, -0.2) is 52.4 Å². The molecule has 0 radical (unpaired) electrons. The fraction of sp³-hybridized carbons (Fsp3) is 0.448. The quantitative estimate of drug-likeness (QED) is 0.231. The predicted octanol–water partition coefficient (Wildman–Crippen LogP) is 5.30. The summed E-state index contributed by atoms with van der Waals surface area (Å²) >= 11 is 6.81. The molecular formula is C29H34FN5O2S2. The largest absolute Gasteiger partial charge is 0.368 e. The van der Waals surface area contributed by atoms with E-state index in [1.807, 2.05) is 13.0 Å². The number of hydrogen-bond acceptors (Lipinski definition) is 7. The number of rotatable bonds is 9. The van der Waals surface area contributed by atoms with Crippen molar-refractivity contribution in [1.29, 1.82) is 5.26 Å². The maximum absolute atomic E-state index is 13.4. The number of nitriles is 1. The van der Waals surface area contributed by atoms with Crippen molar-refractivity contribution in [2.24, 2.45) is 0 Å². The highest BCUT2D eigenvalue weighted by Crippen LogP contribution is 2.36. The van der Waals surface area contributed by atoms with E-state index in [1.54, 1.807) is 28.5 Å². The van der Waals surface area contributed by atoms with Gasteiger partial charge in [-0.05, 0) is 55.7 Å². The SMILES string of the molecule is CCCCCN1C(=O)/C(=C\c2c(C)c(C#N)c(=O)n(CCC)c2N2CCN(c3ccc(F)cc3)CC2)SC1=S. The van der Waals surface area contributed by atoms with Gasteiger partial charge < -0.3 is 9.80 Å². The molecule has 0 aliphatic carbocycles. The summed E-state index contributed by atoms with van der Waals surface area (Å²) < 4.78 is 15.7. The molecule has 0 atom stereocenters. The van der Waals surface area contributed by atoms with E-state index >= 15 is 0 Å². The minimum Gasteiger partial charge on any atom is -0.368 e.